The van der Waals surface area contributed by atoms with Crippen molar-refractivity contribution < 1.29 is 19.1 Å². The molecule has 1 aliphatic rings. The molecule has 0 spiro atoms. The molecular formula is C18H17NO4. The van der Waals surface area contributed by atoms with Gasteiger partial charge >= 0.3 is 5.97 Å². The highest BCUT2D eigenvalue weighted by Gasteiger charge is 2.23. The van der Waals surface area contributed by atoms with Crippen LogP contribution in [0.25, 0.3) is 0 Å². The van der Waals surface area contributed by atoms with E-state index in [0.29, 0.717) is 17.9 Å². The summed E-state index contributed by atoms with van der Waals surface area (Å²) in [7, 11) is 0. The van der Waals surface area contributed by atoms with Gasteiger partial charge in [-0.2, -0.15) is 0 Å². The molecule has 23 heavy (non-hydrogen) atoms. The number of fused-ring (bicyclic) bond motifs is 1. The Kier molecular flexibility index (Phi) is 4.28. The zero-order chi connectivity index (χ0) is 16.2. The summed E-state index contributed by atoms with van der Waals surface area (Å²) in [5.41, 5.74) is 1.51. The van der Waals surface area contributed by atoms with Crippen LogP contribution in [0.4, 0.5) is 0 Å². The Balaban J connectivity index is 1.71. The van der Waals surface area contributed by atoms with E-state index in [4.69, 9.17) is 9.47 Å². The van der Waals surface area contributed by atoms with Gasteiger partial charge in [-0.05, 0) is 30.3 Å². The molecule has 0 saturated heterocycles. The van der Waals surface area contributed by atoms with Gasteiger partial charge in [-0.1, -0.05) is 18.2 Å². The van der Waals surface area contributed by atoms with E-state index >= 15 is 0 Å². The second-order valence-corrected chi connectivity index (χ2v) is 5.32. The molecule has 3 rings (SSSR count). The van der Waals surface area contributed by atoms with Crippen molar-refractivity contribution in [1.29, 1.82) is 0 Å². The maximum atomic E-state index is 12.4. The first-order valence-corrected chi connectivity index (χ1v) is 7.44. The Morgan fingerprint density at radius 3 is 2.61 bits per heavy atom. The van der Waals surface area contributed by atoms with Gasteiger partial charge in [0.1, 0.15) is 11.5 Å². The first-order chi connectivity index (χ1) is 11.1. The summed E-state index contributed by atoms with van der Waals surface area (Å²) in [5, 5.41) is 3.02. The molecule has 1 amide bonds. The van der Waals surface area contributed by atoms with Gasteiger partial charge in [0.15, 0.2) is 0 Å². The van der Waals surface area contributed by atoms with Crippen molar-refractivity contribution in [1.82, 2.24) is 5.32 Å². The molecule has 5 heteroatoms. The van der Waals surface area contributed by atoms with Crippen LogP contribution in [0.1, 0.15) is 35.3 Å². The van der Waals surface area contributed by atoms with Crippen molar-refractivity contribution >= 4 is 11.9 Å². The fourth-order valence-electron chi connectivity index (χ4n) is 2.57. The van der Waals surface area contributed by atoms with Gasteiger partial charge in [-0.3, -0.25) is 9.59 Å². The lowest BCUT2D eigenvalue weighted by Gasteiger charge is -2.26. The summed E-state index contributed by atoms with van der Waals surface area (Å²) in [6, 6.07) is 14.1. The van der Waals surface area contributed by atoms with E-state index in [1.807, 2.05) is 24.3 Å². The van der Waals surface area contributed by atoms with Gasteiger partial charge in [0.2, 0.25) is 0 Å². The van der Waals surface area contributed by atoms with Crippen molar-refractivity contribution in [2.24, 2.45) is 0 Å². The van der Waals surface area contributed by atoms with Gasteiger partial charge < -0.3 is 14.8 Å². The predicted molar refractivity (Wildman–Crippen MR) is 84.5 cm³/mol. The van der Waals surface area contributed by atoms with E-state index < -0.39 is 0 Å². The lowest BCUT2D eigenvalue weighted by molar-refractivity contribution is -0.131. The number of ether oxygens (including phenoxy) is 2. The summed E-state index contributed by atoms with van der Waals surface area (Å²) >= 11 is 0. The molecule has 1 unspecified atom stereocenters. The van der Waals surface area contributed by atoms with Gasteiger partial charge in [0, 0.05) is 24.5 Å². The third kappa shape index (κ3) is 3.51. The molecule has 0 radical (unpaired) electrons. The lowest BCUT2D eigenvalue weighted by atomic mass is 10.00. The summed E-state index contributed by atoms with van der Waals surface area (Å²) < 4.78 is 10.6. The van der Waals surface area contributed by atoms with Crippen molar-refractivity contribution in [3.05, 3.63) is 59.7 Å². The number of carbonyl (C=O) groups excluding carboxylic acids is 2. The normalized spacial score (nSPS) is 16.0. The molecule has 0 aromatic heterocycles. The van der Waals surface area contributed by atoms with Crippen LogP contribution in [0.2, 0.25) is 0 Å². The number of nitrogens with one attached hydrogen (secondary N) is 1. The first kappa shape index (κ1) is 15.1. The fourth-order valence-corrected chi connectivity index (χ4v) is 2.57. The SMILES string of the molecule is CC(=O)Oc1ccc(C(=O)NC2CCOc3ccccc32)cc1. The minimum Gasteiger partial charge on any atom is -0.493 e. The van der Waals surface area contributed by atoms with Gasteiger partial charge in [0.05, 0.1) is 12.6 Å². The number of benzene rings is 2. The van der Waals surface area contributed by atoms with Gasteiger partial charge in [-0.15, -0.1) is 0 Å². The topological polar surface area (TPSA) is 64.6 Å². The molecule has 5 nitrogen and oxygen atoms in total. The maximum absolute atomic E-state index is 12.4. The first-order valence-electron chi connectivity index (χ1n) is 7.44. The highest BCUT2D eigenvalue weighted by molar-refractivity contribution is 5.94. The third-order valence-electron chi connectivity index (χ3n) is 3.64. The number of hydrogen-bond donors (Lipinski definition) is 1. The molecule has 2 aromatic rings. The van der Waals surface area contributed by atoms with Crippen molar-refractivity contribution in [3.63, 3.8) is 0 Å². The monoisotopic (exact) mass is 311 g/mol. The van der Waals surface area contributed by atoms with Crippen molar-refractivity contribution in [3.8, 4) is 11.5 Å². The molecule has 0 fully saturated rings. The highest BCUT2D eigenvalue weighted by atomic mass is 16.5. The van der Waals surface area contributed by atoms with E-state index in [9.17, 15) is 9.59 Å². The molecule has 0 aliphatic carbocycles. The summed E-state index contributed by atoms with van der Waals surface area (Å²) in [4.78, 5) is 23.3. The number of carbonyl (C=O) groups is 2. The number of rotatable bonds is 3. The van der Waals surface area contributed by atoms with Crippen LogP contribution in [-0.2, 0) is 4.79 Å². The largest absolute Gasteiger partial charge is 0.493 e. The minimum absolute atomic E-state index is 0.0689. The molecule has 1 heterocycles. The van der Waals surface area contributed by atoms with Crippen LogP contribution in [0.15, 0.2) is 48.5 Å². The Labute approximate surface area is 134 Å². The average molecular weight is 311 g/mol. The summed E-state index contributed by atoms with van der Waals surface area (Å²) in [5.74, 6) is 0.682. The number of amides is 1. The van der Waals surface area contributed by atoms with Crippen LogP contribution in [0.5, 0.6) is 11.5 Å². The average Bonchev–Trinajstić information content (AvgIpc) is 2.55. The summed E-state index contributed by atoms with van der Waals surface area (Å²) in [6.07, 6.45) is 0.730. The Morgan fingerprint density at radius 2 is 1.87 bits per heavy atom. The molecule has 2 aromatic carbocycles. The van der Waals surface area contributed by atoms with Crippen molar-refractivity contribution in [2.45, 2.75) is 19.4 Å². The van der Waals surface area contributed by atoms with Gasteiger partial charge in [-0.25, -0.2) is 0 Å². The highest BCUT2D eigenvalue weighted by Crippen LogP contribution is 2.31. The predicted octanol–water partition coefficient (Wildman–Crippen LogP) is 2.87. The summed E-state index contributed by atoms with van der Waals surface area (Å²) in [6.45, 7) is 1.91. The molecular weight excluding hydrogens is 294 g/mol. The van der Waals surface area contributed by atoms with E-state index in [-0.39, 0.29) is 17.9 Å². The molecule has 1 N–H and O–H groups in total. The van der Waals surface area contributed by atoms with E-state index in [1.54, 1.807) is 24.3 Å². The van der Waals surface area contributed by atoms with E-state index in [1.165, 1.54) is 6.92 Å². The fraction of sp³-hybridized carbons (Fsp3) is 0.222. The number of para-hydroxylation sites is 1. The molecule has 0 bridgehead atoms. The standard InChI is InChI=1S/C18H17NO4/c1-12(20)23-14-8-6-13(7-9-14)18(21)19-16-10-11-22-17-5-3-2-4-15(16)17/h2-9,16H,10-11H2,1H3,(H,19,21). The second-order valence-electron chi connectivity index (χ2n) is 5.32. The van der Waals surface area contributed by atoms with Crippen LogP contribution in [-0.4, -0.2) is 18.5 Å². The molecule has 0 saturated carbocycles. The Hall–Kier alpha value is -2.82. The maximum Gasteiger partial charge on any atom is 0.308 e. The molecule has 118 valence electrons. The Bertz CT molecular complexity index is 724. The third-order valence-corrected chi connectivity index (χ3v) is 3.64. The van der Waals surface area contributed by atoms with Gasteiger partial charge in [0.25, 0.3) is 5.91 Å². The smallest absolute Gasteiger partial charge is 0.308 e. The number of esters is 1. The number of hydrogen-bond acceptors (Lipinski definition) is 4. The zero-order valence-corrected chi connectivity index (χ0v) is 12.7. The lowest BCUT2D eigenvalue weighted by Crippen LogP contribution is -2.32. The van der Waals surface area contributed by atoms with E-state index in [2.05, 4.69) is 5.32 Å². The van der Waals surface area contributed by atoms with Crippen molar-refractivity contribution in [2.75, 3.05) is 6.61 Å². The molecule has 1 aliphatic heterocycles. The molecule has 1 atom stereocenters. The Morgan fingerprint density at radius 1 is 1.13 bits per heavy atom. The van der Waals surface area contributed by atoms with Crippen LogP contribution < -0.4 is 14.8 Å². The minimum atomic E-state index is -0.388. The van der Waals surface area contributed by atoms with Crippen LogP contribution in [0.3, 0.4) is 0 Å². The van der Waals surface area contributed by atoms with Crippen LogP contribution in [0, 0.1) is 0 Å². The van der Waals surface area contributed by atoms with Crippen LogP contribution >= 0.6 is 0 Å². The quantitative estimate of drug-likeness (QED) is 0.699. The second kappa shape index (κ2) is 6.52. The van der Waals surface area contributed by atoms with E-state index in [0.717, 1.165) is 17.7 Å². The zero-order valence-electron chi connectivity index (χ0n) is 12.7.